The van der Waals surface area contributed by atoms with Gasteiger partial charge < -0.3 is 16.0 Å². The van der Waals surface area contributed by atoms with Crippen LogP contribution in [0.4, 0.5) is 11.5 Å². The van der Waals surface area contributed by atoms with Gasteiger partial charge in [0.1, 0.15) is 5.82 Å². The number of amides is 1. The van der Waals surface area contributed by atoms with Crippen LogP contribution < -0.4 is 16.0 Å². The lowest BCUT2D eigenvalue weighted by atomic mass is 9.96. The highest BCUT2D eigenvalue weighted by atomic mass is 16.1. The Morgan fingerprint density at radius 2 is 2.28 bits per heavy atom. The summed E-state index contributed by atoms with van der Waals surface area (Å²) in [6.45, 7) is 4.29. The lowest BCUT2D eigenvalue weighted by Gasteiger charge is -2.33. The summed E-state index contributed by atoms with van der Waals surface area (Å²) in [5, 5.41) is 2.89. The molecule has 1 saturated heterocycles. The lowest BCUT2D eigenvalue weighted by Crippen LogP contribution is -2.38. The first-order valence-corrected chi connectivity index (χ1v) is 6.36. The van der Waals surface area contributed by atoms with Crippen molar-refractivity contribution in [2.24, 2.45) is 5.92 Å². The topological polar surface area (TPSA) is 71.2 Å². The van der Waals surface area contributed by atoms with Crippen molar-refractivity contribution in [2.75, 3.05) is 30.3 Å². The zero-order valence-electron chi connectivity index (χ0n) is 10.7. The summed E-state index contributed by atoms with van der Waals surface area (Å²) in [5.41, 5.74) is 6.90. The van der Waals surface area contributed by atoms with Gasteiger partial charge in [-0.2, -0.15) is 0 Å². The molecule has 98 valence electrons. The van der Waals surface area contributed by atoms with Gasteiger partial charge in [0.25, 0.3) is 0 Å². The number of aromatic nitrogens is 1. The summed E-state index contributed by atoms with van der Waals surface area (Å²) >= 11 is 0. The average molecular weight is 248 g/mol. The number of carbonyl (C=O) groups excluding carboxylic acids is 1. The number of anilines is 2. The molecule has 0 aliphatic carbocycles. The van der Waals surface area contributed by atoms with Gasteiger partial charge in [-0.05, 0) is 30.9 Å². The SMILES string of the molecule is CC(=O)NCC1CCN(c2cccnc2N)CC1. The molecule has 5 nitrogen and oxygen atoms in total. The third-order valence-corrected chi connectivity index (χ3v) is 3.41. The Kier molecular flexibility index (Phi) is 4.02. The van der Waals surface area contributed by atoms with E-state index in [1.54, 1.807) is 13.1 Å². The van der Waals surface area contributed by atoms with Crippen molar-refractivity contribution in [2.45, 2.75) is 19.8 Å². The second-order valence-corrected chi connectivity index (χ2v) is 4.78. The highest BCUT2D eigenvalue weighted by Gasteiger charge is 2.20. The van der Waals surface area contributed by atoms with Crippen LogP contribution in [0.2, 0.25) is 0 Å². The minimum atomic E-state index is 0.0499. The Morgan fingerprint density at radius 1 is 1.56 bits per heavy atom. The molecule has 0 atom stereocenters. The molecule has 3 N–H and O–H groups in total. The molecule has 0 unspecified atom stereocenters. The smallest absolute Gasteiger partial charge is 0.216 e. The minimum Gasteiger partial charge on any atom is -0.382 e. The van der Waals surface area contributed by atoms with Gasteiger partial charge in [0.15, 0.2) is 0 Å². The molecule has 1 amide bonds. The number of carbonyl (C=O) groups is 1. The van der Waals surface area contributed by atoms with Crippen LogP contribution >= 0.6 is 0 Å². The van der Waals surface area contributed by atoms with Crippen molar-refractivity contribution in [3.05, 3.63) is 18.3 Å². The maximum atomic E-state index is 10.9. The fraction of sp³-hybridized carbons (Fsp3) is 0.538. The molecule has 0 saturated carbocycles. The molecule has 1 aromatic rings. The van der Waals surface area contributed by atoms with Crippen molar-refractivity contribution >= 4 is 17.4 Å². The second kappa shape index (κ2) is 5.71. The number of nitrogens with two attached hydrogens (primary N) is 1. The van der Waals surface area contributed by atoms with Gasteiger partial charge in [0.05, 0.1) is 5.69 Å². The molecule has 1 aliphatic rings. The van der Waals surface area contributed by atoms with E-state index < -0.39 is 0 Å². The van der Waals surface area contributed by atoms with E-state index >= 15 is 0 Å². The van der Waals surface area contributed by atoms with Crippen LogP contribution in [0.25, 0.3) is 0 Å². The molecular weight excluding hydrogens is 228 g/mol. The van der Waals surface area contributed by atoms with Gasteiger partial charge in [-0.15, -0.1) is 0 Å². The minimum absolute atomic E-state index is 0.0499. The Morgan fingerprint density at radius 3 is 2.89 bits per heavy atom. The Balaban J connectivity index is 1.87. The molecule has 2 heterocycles. The summed E-state index contributed by atoms with van der Waals surface area (Å²) < 4.78 is 0. The average Bonchev–Trinajstić information content (AvgIpc) is 2.38. The first kappa shape index (κ1) is 12.7. The molecule has 0 bridgehead atoms. The number of nitrogens with one attached hydrogen (secondary N) is 1. The fourth-order valence-corrected chi connectivity index (χ4v) is 2.34. The maximum absolute atomic E-state index is 10.9. The van der Waals surface area contributed by atoms with Gasteiger partial charge in [-0.3, -0.25) is 4.79 Å². The first-order chi connectivity index (χ1) is 8.66. The molecule has 0 radical (unpaired) electrons. The van der Waals surface area contributed by atoms with E-state index in [4.69, 9.17) is 5.73 Å². The normalized spacial score (nSPS) is 16.6. The zero-order valence-corrected chi connectivity index (χ0v) is 10.7. The Hall–Kier alpha value is -1.78. The number of nitrogen functional groups attached to an aromatic ring is 1. The summed E-state index contributed by atoms with van der Waals surface area (Å²) in [5.74, 6) is 1.22. The number of pyridine rings is 1. The molecule has 5 heteroatoms. The van der Waals surface area contributed by atoms with Crippen LogP contribution in [-0.2, 0) is 4.79 Å². The molecular formula is C13H20N4O. The predicted molar refractivity (Wildman–Crippen MR) is 72.3 cm³/mol. The summed E-state index contributed by atoms with van der Waals surface area (Å²) in [7, 11) is 0. The van der Waals surface area contributed by atoms with Crippen LogP contribution in [-0.4, -0.2) is 30.5 Å². The summed E-state index contributed by atoms with van der Waals surface area (Å²) in [6.07, 6.45) is 3.87. The number of hydrogen-bond acceptors (Lipinski definition) is 4. The summed E-state index contributed by atoms with van der Waals surface area (Å²) in [4.78, 5) is 17.3. The van der Waals surface area contributed by atoms with Crippen molar-refractivity contribution in [3.8, 4) is 0 Å². The predicted octanol–water partition coefficient (Wildman–Crippen LogP) is 1.02. The van der Waals surface area contributed by atoms with Crippen LogP contribution in [0.5, 0.6) is 0 Å². The van der Waals surface area contributed by atoms with Gasteiger partial charge in [-0.1, -0.05) is 0 Å². The van der Waals surface area contributed by atoms with E-state index in [0.29, 0.717) is 11.7 Å². The van der Waals surface area contributed by atoms with E-state index in [9.17, 15) is 4.79 Å². The monoisotopic (exact) mass is 248 g/mol. The number of hydrogen-bond donors (Lipinski definition) is 2. The van der Waals surface area contributed by atoms with E-state index in [0.717, 1.165) is 38.2 Å². The highest BCUT2D eigenvalue weighted by Crippen LogP contribution is 2.26. The van der Waals surface area contributed by atoms with Gasteiger partial charge in [0.2, 0.25) is 5.91 Å². The highest BCUT2D eigenvalue weighted by molar-refractivity contribution is 5.72. The van der Waals surface area contributed by atoms with Gasteiger partial charge >= 0.3 is 0 Å². The third-order valence-electron chi connectivity index (χ3n) is 3.41. The Bertz CT molecular complexity index is 413. The van der Waals surface area contributed by atoms with Crippen LogP contribution in [0, 0.1) is 5.92 Å². The number of piperidine rings is 1. The quantitative estimate of drug-likeness (QED) is 0.837. The van der Waals surface area contributed by atoms with Crippen molar-refractivity contribution in [1.82, 2.24) is 10.3 Å². The van der Waals surface area contributed by atoms with Crippen LogP contribution in [0.15, 0.2) is 18.3 Å². The van der Waals surface area contributed by atoms with E-state index in [-0.39, 0.29) is 5.91 Å². The maximum Gasteiger partial charge on any atom is 0.216 e. The third kappa shape index (κ3) is 3.12. The van der Waals surface area contributed by atoms with E-state index in [1.165, 1.54) is 0 Å². The van der Waals surface area contributed by atoms with Gasteiger partial charge in [-0.25, -0.2) is 4.98 Å². The first-order valence-electron chi connectivity index (χ1n) is 6.36. The molecule has 0 aromatic carbocycles. The molecule has 1 fully saturated rings. The number of nitrogens with zero attached hydrogens (tertiary/aromatic N) is 2. The van der Waals surface area contributed by atoms with Crippen LogP contribution in [0.3, 0.4) is 0 Å². The Labute approximate surface area is 107 Å². The second-order valence-electron chi connectivity index (χ2n) is 4.78. The fourth-order valence-electron chi connectivity index (χ4n) is 2.34. The van der Waals surface area contributed by atoms with E-state index in [2.05, 4.69) is 15.2 Å². The molecule has 1 aromatic heterocycles. The standard InChI is InChI=1S/C13H20N4O/c1-10(18)16-9-11-4-7-17(8-5-11)12-3-2-6-15-13(12)14/h2-3,6,11H,4-5,7-9H2,1H3,(H2,14,15)(H,16,18). The van der Waals surface area contributed by atoms with Crippen LogP contribution in [0.1, 0.15) is 19.8 Å². The molecule has 18 heavy (non-hydrogen) atoms. The van der Waals surface area contributed by atoms with E-state index in [1.807, 2.05) is 12.1 Å². The molecule has 2 rings (SSSR count). The van der Waals surface area contributed by atoms with Crippen molar-refractivity contribution in [3.63, 3.8) is 0 Å². The van der Waals surface area contributed by atoms with Crippen molar-refractivity contribution < 1.29 is 4.79 Å². The zero-order chi connectivity index (χ0) is 13.0. The number of rotatable bonds is 3. The molecule has 0 spiro atoms. The van der Waals surface area contributed by atoms with Crippen molar-refractivity contribution in [1.29, 1.82) is 0 Å². The largest absolute Gasteiger partial charge is 0.382 e. The molecule has 1 aliphatic heterocycles. The van der Waals surface area contributed by atoms with Gasteiger partial charge in [0, 0.05) is 32.8 Å². The summed E-state index contributed by atoms with van der Waals surface area (Å²) in [6, 6.07) is 3.92. The lowest BCUT2D eigenvalue weighted by molar-refractivity contribution is -0.119.